The molecule has 0 aliphatic heterocycles. The number of benzene rings is 1. The topological polar surface area (TPSA) is 15.5 Å². The molecule has 0 N–H and O–H groups in total. The molecule has 0 atom stereocenters. The molecule has 27 heavy (non-hydrogen) atoms. The van der Waals surface area contributed by atoms with E-state index in [9.17, 15) is 0 Å². The summed E-state index contributed by atoms with van der Waals surface area (Å²) in [5.41, 5.74) is 3.27. The molecule has 0 radical (unpaired) electrons. The van der Waals surface area contributed by atoms with Crippen LogP contribution in [0.2, 0.25) is 0 Å². The Bertz CT molecular complexity index is 616. The van der Waals surface area contributed by atoms with Gasteiger partial charge in [-0.1, -0.05) is 47.6 Å². The van der Waals surface area contributed by atoms with Crippen LogP contribution in [0.3, 0.4) is 0 Å². The lowest BCUT2D eigenvalue weighted by atomic mass is 9.76. The summed E-state index contributed by atoms with van der Waals surface area (Å²) in [5.74, 6) is 2.29. The average Bonchev–Trinajstić information content (AvgIpc) is 2.55. The number of rotatable bonds is 8. The third kappa shape index (κ3) is 7.94. The summed E-state index contributed by atoms with van der Waals surface area (Å²) in [6, 6.07) is 6.61. The molecular formula is C24H43N2O+. The molecule has 0 spiro atoms. The second-order valence-corrected chi connectivity index (χ2v) is 9.86. The molecule has 0 aliphatic carbocycles. The molecule has 0 fully saturated rings. The summed E-state index contributed by atoms with van der Waals surface area (Å²) in [4.78, 5) is 2.46. The van der Waals surface area contributed by atoms with E-state index in [0.717, 1.165) is 31.8 Å². The van der Waals surface area contributed by atoms with E-state index >= 15 is 0 Å². The van der Waals surface area contributed by atoms with Gasteiger partial charge in [0.05, 0.1) is 27.2 Å². The highest BCUT2D eigenvalue weighted by molar-refractivity contribution is 5.74. The quantitative estimate of drug-likeness (QED) is 0.334. The van der Waals surface area contributed by atoms with E-state index in [2.05, 4.69) is 90.1 Å². The van der Waals surface area contributed by atoms with Gasteiger partial charge in [0.1, 0.15) is 12.3 Å². The molecule has 0 saturated heterocycles. The van der Waals surface area contributed by atoms with E-state index in [-0.39, 0.29) is 5.41 Å². The summed E-state index contributed by atoms with van der Waals surface area (Å²) in [7, 11) is 3.98. The second-order valence-electron chi connectivity index (χ2n) is 9.86. The lowest BCUT2D eigenvalue weighted by molar-refractivity contribution is -0.518. The maximum atomic E-state index is 5.50. The number of ether oxygens (including phenoxy) is 1. The van der Waals surface area contributed by atoms with E-state index in [0.29, 0.717) is 5.41 Å². The van der Waals surface area contributed by atoms with Crippen LogP contribution >= 0.6 is 0 Å². The van der Waals surface area contributed by atoms with Crippen molar-refractivity contribution in [2.75, 3.05) is 27.2 Å². The predicted molar refractivity (Wildman–Crippen MR) is 118 cm³/mol. The number of amidine groups is 1. The minimum Gasteiger partial charge on any atom is -0.497 e. The Morgan fingerprint density at radius 2 is 1.63 bits per heavy atom. The maximum Gasteiger partial charge on any atom is 0.243 e. The Kier molecular flexibility index (Phi) is 8.38. The Labute approximate surface area is 168 Å². The predicted octanol–water partition coefficient (Wildman–Crippen LogP) is 5.60. The van der Waals surface area contributed by atoms with E-state index < -0.39 is 0 Å². The van der Waals surface area contributed by atoms with E-state index in [4.69, 9.17) is 4.74 Å². The van der Waals surface area contributed by atoms with Crippen molar-refractivity contribution in [2.45, 2.75) is 74.8 Å². The van der Waals surface area contributed by atoms with Crippen LogP contribution in [-0.2, 0) is 13.0 Å². The molecule has 0 unspecified atom stereocenters. The normalized spacial score (nSPS) is 13.4. The van der Waals surface area contributed by atoms with Gasteiger partial charge < -0.3 is 4.74 Å². The van der Waals surface area contributed by atoms with Gasteiger partial charge >= 0.3 is 0 Å². The third-order valence-electron chi connectivity index (χ3n) is 5.11. The van der Waals surface area contributed by atoms with Gasteiger partial charge in [0, 0.05) is 12.3 Å². The van der Waals surface area contributed by atoms with Crippen molar-refractivity contribution in [1.29, 1.82) is 0 Å². The molecule has 0 aliphatic rings. The van der Waals surface area contributed by atoms with Crippen molar-refractivity contribution in [3.63, 3.8) is 0 Å². The first-order valence-corrected chi connectivity index (χ1v) is 10.4. The van der Waals surface area contributed by atoms with Gasteiger partial charge in [0.15, 0.2) is 0 Å². The average molecular weight is 376 g/mol. The lowest BCUT2D eigenvalue weighted by Gasteiger charge is -2.32. The zero-order chi connectivity index (χ0) is 20.8. The number of nitrogens with zero attached hydrogens (tertiary/aromatic N) is 2. The van der Waals surface area contributed by atoms with Crippen LogP contribution in [0, 0.1) is 10.8 Å². The molecule has 1 rings (SSSR count). The highest BCUT2D eigenvalue weighted by Crippen LogP contribution is 2.33. The number of aryl methyl sites for hydroxylation is 1. The van der Waals surface area contributed by atoms with Gasteiger partial charge in [-0.25, -0.2) is 0 Å². The Hall–Kier alpha value is -1.51. The van der Waals surface area contributed by atoms with Crippen molar-refractivity contribution >= 4 is 5.84 Å². The zero-order valence-electron chi connectivity index (χ0n) is 19.6. The number of hydrogen-bond acceptors (Lipinski definition) is 1. The molecule has 154 valence electrons. The van der Waals surface area contributed by atoms with Crippen LogP contribution in [0.4, 0.5) is 0 Å². The molecule has 1 aromatic carbocycles. The summed E-state index contributed by atoms with van der Waals surface area (Å²) in [6.07, 6.45) is 2.24. The van der Waals surface area contributed by atoms with Crippen LogP contribution in [0.15, 0.2) is 18.2 Å². The smallest absolute Gasteiger partial charge is 0.243 e. The molecule has 0 bridgehead atoms. The monoisotopic (exact) mass is 375 g/mol. The van der Waals surface area contributed by atoms with Gasteiger partial charge in [-0.15, -0.1) is 0 Å². The van der Waals surface area contributed by atoms with Crippen molar-refractivity contribution in [1.82, 2.24) is 4.90 Å². The van der Waals surface area contributed by atoms with E-state index in [1.54, 1.807) is 7.11 Å². The van der Waals surface area contributed by atoms with E-state index in [1.165, 1.54) is 23.4 Å². The van der Waals surface area contributed by atoms with Crippen LogP contribution in [0.5, 0.6) is 5.75 Å². The minimum absolute atomic E-state index is 0.277. The Morgan fingerprint density at radius 1 is 1.04 bits per heavy atom. The van der Waals surface area contributed by atoms with Gasteiger partial charge in [-0.05, 0) is 48.4 Å². The summed E-state index contributed by atoms with van der Waals surface area (Å²) in [5, 5.41) is 0. The molecular weight excluding hydrogens is 332 g/mol. The number of hydrogen-bond donors (Lipinski definition) is 0. The first-order valence-electron chi connectivity index (χ1n) is 10.4. The highest BCUT2D eigenvalue weighted by Gasteiger charge is 2.28. The van der Waals surface area contributed by atoms with Crippen LogP contribution < -0.4 is 4.74 Å². The maximum absolute atomic E-state index is 5.50. The largest absolute Gasteiger partial charge is 0.497 e. The summed E-state index contributed by atoms with van der Waals surface area (Å²) < 4.78 is 7.92. The molecule has 0 heterocycles. The van der Waals surface area contributed by atoms with Gasteiger partial charge in [-0.3, -0.25) is 9.48 Å². The van der Waals surface area contributed by atoms with Gasteiger partial charge in [0.25, 0.3) is 0 Å². The zero-order valence-corrected chi connectivity index (χ0v) is 19.6. The fourth-order valence-corrected chi connectivity index (χ4v) is 4.31. The van der Waals surface area contributed by atoms with Crippen molar-refractivity contribution in [3.8, 4) is 5.75 Å². The van der Waals surface area contributed by atoms with Crippen LogP contribution in [0.1, 0.15) is 72.9 Å². The molecule has 0 saturated carbocycles. The highest BCUT2D eigenvalue weighted by atomic mass is 16.5. The van der Waals surface area contributed by atoms with Gasteiger partial charge in [-0.2, -0.15) is 0 Å². The third-order valence-corrected chi connectivity index (χ3v) is 5.11. The van der Waals surface area contributed by atoms with Crippen LogP contribution in [0.25, 0.3) is 0 Å². The lowest BCUT2D eigenvalue weighted by Crippen LogP contribution is -2.39. The fraction of sp³-hybridized carbons (Fsp3) is 0.708. The standard InChI is InChI=1S/C24H43N2O/c1-11-20-13-21(15-22(14-20)27-10)16-26(12-2)19(3)25(9)18-24(7,8)17-23(4,5)6/h13-15H,11-12,16-18H2,1-10H3/q+1. The summed E-state index contributed by atoms with van der Waals surface area (Å²) in [6.45, 7) is 21.4. The Morgan fingerprint density at radius 3 is 2.11 bits per heavy atom. The molecule has 0 aromatic heterocycles. The van der Waals surface area contributed by atoms with Gasteiger partial charge in [0.2, 0.25) is 5.84 Å². The molecule has 3 heteroatoms. The number of methoxy groups -OCH3 is 1. The fourth-order valence-electron chi connectivity index (χ4n) is 4.31. The van der Waals surface area contributed by atoms with E-state index in [1.807, 2.05) is 0 Å². The van der Waals surface area contributed by atoms with Crippen molar-refractivity contribution in [2.24, 2.45) is 10.8 Å². The second kappa shape index (κ2) is 9.61. The summed E-state index contributed by atoms with van der Waals surface area (Å²) >= 11 is 0. The SMILES string of the molecule is CCc1cc(CN(CC)C(C)=[N+](C)CC(C)(C)CC(C)(C)C)cc(OC)c1. The first-order chi connectivity index (χ1) is 12.4. The van der Waals surface area contributed by atoms with Crippen molar-refractivity contribution in [3.05, 3.63) is 29.3 Å². The van der Waals surface area contributed by atoms with Crippen molar-refractivity contribution < 1.29 is 9.31 Å². The molecule has 1 aromatic rings. The molecule has 0 amide bonds. The first kappa shape index (κ1) is 23.5. The minimum atomic E-state index is 0.277. The Balaban J connectivity index is 3.01. The van der Waals surface area contributed by atoms with Crippen LogP contribution in [-0.4, -0.2) is 42.6 Å². The molecule has 3 nitrogen and oxygen atoms in total.